The lowest BCUT2D eigenvalue weighted by Gasteiger charge is -2.33. The summed E-state index contributed by atoms with van der Waals surface area (Å²) in [6, 6.07) is 25.6. The van der Waals surface area contributed by atoms with Gasteiger partial charge in [0.1, 0.15) is 6.07 Å². The zero-order valence-corrected chi connectivity index (χ0v) is 11.7. The topological polar surface area (TPSA) is 36.3 Å². The average Bonchev–Trinajstić information content (AvgIpc) is 2.59. The second-order valence-corrected chi connectivity index (χ2v) is 5.00. The molecule has 3 aromatic rings. The van der Waals surface area contributed by atoms with Crippen LogP contribution in [0.2, 0.25) is 0 Å². The third-order valence-corrected chi connectivity index (χ3v) is 3.70. The van der Waals surface area contributed by atoms with Gasteiger partial charge in [-0.25, -0.2) is 0 Å². The Hall–Kier alpha value is -3.25. The lowest BCUT2D eigenvalue weighted by molar-refractivity contribution is 0.477. The van der Waals surface area contributed by atoms with Gasteiger partial charge < -0.3 is 9.64 Å². The molecule has 0 spiro atoms. The molecule has 0 bridgehead atoms. The molecule has 22 heavy (non-hydrogen) atoms. The summed E-state index contributed by atoms with van der Waals surface area (Å²) in [5.74, 6) is 1.57. The zero-order chi connectivity index (χ0) is 14.9. The third-order valence-electron chi connectivity index (χ3n) is 3.70. The maximum absolute atomic E-state index is 9.44. The molecule has 0 saturated heterocycles. The molecule has 3 aromatic carbocycles. The summed E-state index contributed by atoms with van der Waals surface area (Å²) >= 11 is 0. The number of anilines is 3. The lowest BCUT2D eigenvalue weighted by atomic mass is 10.1. The average molecular weight is 284 g/mol. The van der Waals surface area contributed by atoms with Crippen LogP contribution in [0.3, 0.4) is 0 Å². The van der Waals surface area contributed by atoms with E-state index in [0.29, 0.717) is 5.56 Å². The molecule has 0 N–H and O–H groups in total. The quantitative estimate of drug-likeness (QED) is 0.486. The van der Waals surface area contributed by atoms with Gasteiger partial charge in [0.2, 0.25) is 0 Å². The van der Waals surface area contributed by atoms with Crippen LogP contribution >= 0.6 is 0 Å². The van der Waals surface area contributed by atoms with Gasteiger partial charge in [-0.15, -0.1) is 0 Å². The molecule has 104 valence electrons. The van der Waals surface area contributed by atoms with Gasteiger partial charge in [0.05, 0.1) is 22.6 Å². The fraction of sp³-hybridized carbons (Fsp3) is 0. The van der Waals surface area contributed by atoms with Crippen LogP contribution in [-0.4, -0.2) is 0 Å². The third kappa shape index (κ3) is 1.82. The molecule has 1 aliphatic rings. The van der Waals surface area contributed by atoms with E-state index in [1.165, 1.54) is 0 Å². The minimum Gasteiger partial charge on any atom is -0.453 e. The van der Waals surface area contributed by atoms with Crippen LogP contribution in [-0.2, 0) is 0 Å². The Bertz CT molecular complexity index is 850. The Balaban J connectivity index is 2.01. The smallest absolute Gasteiger partial charge is 0.151 e. The largest absolute Gasteiger partial charge is 0.453 e. The Morgan fingerprint density at radius 3 is 1.77 bits per heavy atom. The molecule has 1 aliphatic heterocycles. The van der Waals surface area contributed by atoms with E-state index in [1.54, 1.807) is 0 Å². The number of fused-ring (bicyclic) bond motifs is 2. The Kier molecular flexibility index (Phi) is 2.80. The van der Waals surface area contributed by atoms with Crippen LogP contribution in [0.1, 0.15) is 5.56 Å². The van der Waals surface area contributed by atoms with E-state index in [0.717, 1.165) is 28.6 Å². The van der Waals surface area contributed by atoms with Crippen LogP contribution < -0.4 is 9.64 Å². The molecule has 3 heteroatoms. The summed E-state index contributed by atoms with van der Waals surface area (Å²) in [5, 5.41) is 9.44. The van der Waals surface area contributed by atoms with Gasteiger partial charge in [0.25, 0.3) is 0 Å². The standard InChI is InChI=1S/C19H12N2O/c20-13-14-7-1-2-8-15(14)21-16-9-3-5-11-18(16)22-19-12-6-4-10-17(19)21/h1-12H. The molecule has 0 unspecified atom stereocenters. The maximum atomic E-state index is 9.44. The van der Waals surface area contributed by atoms with Gasteiger partial charge in [-0.3, -0.25) is 0 Å². The van der Waals surface area contributed by atoms with Crippen LogP contribution in [0.4, 0.5) is 17.1 Å². The molecule has 1 heterocycles. The number of benzene rings is 3. The van der Waals surface area contributed by atoms with Gasteiger partial charge in [-0.1, -0.05) is 36.4 Å². The molecule has 0 fully saturated rings. The van der Waals surface area contributed by atoms with E-state index >= 15 is 0 Å². The minimum absolute atomic E-state index is 0.633. The van der Waals surface area contributed by atoms with Gasteiger partial charge in [0.15, 0.2) is 11.5 Å². The number of rotatable bonds is 1. The van der Waals surface area contributed by atoms with Crippen molar-refractivity contribution in [3.8, 4) is 17.6 Å². The molecule has 0 radical (unpaired) electrons. The first kappa shape index (κ1) is 12.5. The van der Waals surface area contributed by atoms with Crippen molar-refractivity contribution in [1.29, 1.82) is 5.26 Å². The van der Waals surface area contributed by atoms with Crippen molar-refractivity contribution in [3.63, 3.8) is 0 Å². The SMILES string of the molecule is N#Cc1ccccc1N1c2ccccc2Oc2ccccc21. The molecule has 4 rings (SSSR count). The fourth-order valence-electron chi connectivity index (χ4n) is 2.73. The molecule has 0 atom stereocenters. The van der Waals surface area contributed by atoms with E-state index < -0.39 is 0 Å². The summed E-state index contributed by atoms with van der Waals surface area (Å²) in [6.07, 6.45) is 0. The van der Waals surface area contributed by atoms with Crippen LogP contribution in [0.15, 0.2) is 72.8 Å². The van der Waals surface area contributed by atoms with E-state index in [9.17, 15) is 5.26 Å². The number of nitrogens with zero attached hydrogens (tertiary/aromatic N) is 2. The van der Waals surface area contributed by atoms with Gasteiger partial charge in [0, 0.05) is 0 Å². The maximum Gasteiger partial charge on any atom is 0.151 e. The fourth-order valence-corrected chi connectivity index (χ4v) is 2.73. The molecule has 0 amide bonds. The first-order chi connectivity index (χ1) is 10.9. The number of hydrogen-bond donors (Lipinski definition) is 0. The van der Waals surface area contributed by atoms with Gasteiger partial charge in [-0.05, 0) is 36.4 Å². The highest BCUT2D eigenvalue weighted by molar-refractivity contribution is 5.87. The summed E-state index contributed by atoms with van der Waals surface area (Å²) in [4.78, 5) is 2.08. The Morgan fingerprint density at radius 2 is 1.18 bits per heavy atom. The summed E-state index contributed by atoms with van der Waals surface area (Å²) in [6.45, 7) is 0. The normalized spacial score (nSPS) is 11.9. The van der Waals surface area contributed by atoms with Crippen molar-refractivity contribution in [2.24, 2.45) is 0 Å². The van der Waals surface area contributed by atoms with Crippen LogP contribution in [0.5, 0.6) is 11.5 Å². The second-order valence-electron chi connectivity index (χ2n) is 5.00. The second kappa shape index (κ2) is 4.94. The van der Waals surface area contributed by atoms with E-state index in [4.69, 9.17) is 4.74 Å². The molecular weight excluding hydrogens is 272 g/mol. The zero-order valence-electron chi connectivity index (χ0n) is 11.7. The van der Waals surface area contributed by atoms with Crippen LogP contribution in [0.25, 0.3) is 0 Å². The predicted octanol–water partition coefficient (Wildman–Crippen LogP) is 5.13. The molecule has 3 nitrogen and oxygen atoms in total. The van der Waals surface area contributed by atoms with Crippen molar-refractivity contribution in [2.75, 3.05) is 4.90 Å². The lowest BCUT2D eigenvalue weighted by Crippen LogP contribution is -2.16. The molecule has 0 aromatic heterocycles. The highest BCUT2D eigenvalue weighted by Crippen LogP contribution is 2.50. The highest BCUT2D eigenvalue weighted by atomic mass is 16.5. The Labute approximate surface area is 128 Å². The molecular formula is C19H12N2O. The monoisotopic (exact) mass is 284 g/mol. The number of para-hydroxylation sites is 5. The Morgan fingerprint density at radius 1 is 0.682 bits per heavy atom. The number of hydrogen-bond acceptors (Lipinski definition) is 3. The van der Waals surface area contributed by atoms with Crippen LogP contribution in [0, 0.1) is 11.3 Å². The van der Waals surface area contributed by atoms with Crippen molar-refractivity contribution >= 4 is 17.1 Å². The molecule has 0 aliphatic carbocycles. The summed E-state index contributed by atoms with van der Waals surface area (Å²) in [5.41, 5.74) is 3.36. The first-order valence-electron chi connectivity index (χ1n) is 7.03. The minimum atomic E-state index is 0.633. The van der Waals surface area contributed by atoms with Crippen molar-refractivity contribution in [3.05, 3.63) is 78.4 Å². The van der Waals surface area contributed by atoms with E-state index in [-0.39, 0.29) is 0 Å². The highest BCUT2D eigenvalue weighted by Gasteiger charge is 2.26. The summed E-state index contributed by atoms with van der Waals surface area (Å²) < 4.78 is 5.98. The number of ether oxygens (including phenoxy) is 1. The number of nitriles is 1. The molecule has 0 saturated carbocycles. The van der Waals surface area contributed by atoms with Crippen molar-refractivity contribution < 1.29 is 4.74 Å². The van der Waals surface area contributed by atoms with E-state index in [1.807, 2.05) is 72.8 Å². The van der Waals surface area contributed by atoms with Crippen molar-refractivity contribution in [2.45, 2.75) is 0 Å². The van der Waals surface area contributed by atoms with Gasteiger partial charge >= 0.3 is 0 Å². The van der Waals surface area contributed by atoms with Gasteiger partial charge in [-0.2, -0.15) is 5.26 Å². The van der Waals surface area contributed by atoms with Crippen molar-refractivity contribution in [1.82, 2.24) is 0 Å². The first-order valence-corrected chi connectivity index (χ1v) is 7.03. The van der Waals surface area contributed by atoms with E-state index in [2.05, 4.69) is 11.0 Å². The summed E-state index contributed by atoms with van der Waals surface area (Å²) in [7, 11) is 0. The predicted molar refractivity (Wildman–Crippen MR) is 85.9 cm³/mol.